The molecule has 4 aliphatic rings. The van der Waals surface area contributed by atoms with Crippen LogP contribution in [0.25, 0.3) is 0 Å². The lowest BCUT2D eigenvalue weighted by atomic mass is 9.92. The Balaban J connectivity index is 0.000000176. The lowest BCUT2D eigenvalue weighted by Crippen LogP contribution is -2.46. The van der Waals surface area contributed by atoms with Gasteiger partial charge in [0.15, 0.2) is 12.6 Å². The van der Waals surface area contributed by atoms with E-state index in [9.17, 15) is 20.4 Å². The van der Waals surface area contributed by atoms with E-state index in [-0.39, 0.29) is 61.3 Å². The standard InChI is InChI=1S/C21H26O4.C21H24O3.C20H22O4.C14H20O4.C2H6O/c1-16-19(24-14-18-10-6-3-7-11-18)12-21(22)25-20(16)15-23-13-17-8-4-2-5-9-17;1-17-20(24-15-19-10-6-3-7-11-19)12-13-23-21(17)16-22-14-18-8-4-2-5-9-18;21-20-18(24-14-17-9-5-2-6-10-17)11-12-23-19(20)15-22-13-16-7-3-1-4-8-16;1-10-12(15)7-14(16)18-13(10)9-17-8-11-5-3-2-4-6-11;1-2-3/h2-11,16,19-22H,12-15H2,1H3;2-13,17,20-21H,14-16H2,1H3;1-12,18-21H,13-15H2;2-6,10,12-16H,7-9H2,1H3;3H,2H2,1H3. The predicted octanol–water partition coefficient (Wildman–Crippen LogP) is 12.2. The van der Waals surface area contributed by atoms with Crippen molar-refractivity contribution in [1.82, 2.24) is 0 Å². The Bertz CT molecular complexity index is 2950. The number of hydrogen-bond acceptors (Lipinski definition) is 16. The molecule has 11 rings (SSSR count). The Morgan fingerprint density at radius 2 is 0.649 bits per heavy atom. The van der Waals surface area contributed by atoms with Crippen molar-refractivity contribution in [2.24, 2.45) is 17.8 Å². The van der Waals surface area contributed by atoms with E-state index in [4.69, 9.17) is 57.2 Å². The van der Waals surface area contributed by atoms with Crippen molar-refractivity contribution in [3.63, 3.8) is 0 Å². The Morgan fingerprint density at radius 1 is 0.351 bits per heavy atom. The average Bonchev–Trinajstić information content (AvgIpc) is 1.08. The highest BCUT2D eigenvalue weighted by molar-refractivity contribution is 5.18. The molecule has 506 valence electrons. The van der Waals surface area contributed by atoms with Gasteiger partial charge in [0, 0.05) is 37.2 Å². The van der Waals surface area contributed by atoms with E-state index >= 15 is 0 Å². The van der Waals surface area contributed by atoms with E-state index in [2.05, 4.69) is 38.1 Å². The van der Waals surface area contributed by atoms with Crippen molar-refractivity contribution < 1.29 is 77.6 Å². The molecule has 7 aromatic rings. The molecule has 0 amide bonds. The number of rotatable bonds is 25. The molecule has 94 heavy (non-hydrogen) atoms. The number of hydrogen-bond donors (Lipinski definition) is 5. The molecular weight excluding hydrogens is 1190 g/mol. The van der Waals surface area contributed by atoms with Crippen molar-refractivity contribution in [2.45, 2.75) is 154 Å². The van der Waals surface area contributed by atoms with Gasteiger partial charge in [-0.1, -0.05) is 233 Å². The maximum atomic E-state index is 10.4. The van der Waals surface area contributed by atoms with Crippen LogP contribution in [-0.2, 0) is 98.4 Å². The third kappa shape index (κ3) is 27.4. The van der Waals surface area contributed by atoms with Crippen LogP contribution >= 0.6 is 0 Å². The minimum absolute atomic E-state index is 0.0134. The maximum Gasteiger partial charge on any atom is 0.157 e. The van der Waals surface area contributed by atoms with Gasteiger partial charge < -0.3 is 77.6 Å². The zero-order valence-corrected chi connectivity index (χ0v) is 54.7. The Labute approximate surface area is 556 Å². The lowest BCUT2D eigenvalue weighted by molar-refractivity contribution is -0.233. The highest BCUT2D eigenvalue weighted by Gasteiger charge is 2.37. The van der Waals surface area contributed by atoms with Crippen molar-refractivity contribution >= 4 is 0 Å². The van der Waals surface area contributed by atoms with Crippen molar-refractivity contribution in [3.8, 4) is 0 Å². The first-order chi connectivity index (χ1) is 46.0. The van der Waals surface area contributed by atoms with Gasteiger partial charge in [-0.2, -0.15) is 0 Å². The first kappa shape index (κ1) is 74.5. The van der Waals surface area contributed by atoms with Gasteiger partial charge in [0.25, 0.3) is 0 Å². The first-order valence-electron chi connectivity index (χ1n) is 32.7. The van der Waals surface area contributed by atoms with Crippen LogP contribution in [0.4, 0.5) is 0 Å². The fraction of sp³-hybridized carbons (Fsp3) is 0.410. The van der Waals surface area contributed by atoms with E-state index in [1.165, 1.54) is 11.1 Å². The van der Waals surface area contributed by atoms with Gasteiger partial charge >= 0.3 is 0 Å². The summed E-state index contributed by atoms with van der Waals surface area (Å²) in [5, 5.41) is 47.2. The summed E-state index contributed by atoms with van der Waals surface area (Å²) in [6.45, 7) is 13.5. The van der Waals surface area contributed by atoms with Crippen LogP contribution in [0.5, 0.6) is 0 Å². The number of aliphatic hydroxyl groups is 5. The molecule has 0 aliphatic carbocycles. The van der Waals surface area contributed by atoms with E-state index in [0.717, 1.165) is 27.8 Å². The summed E-state index contributed by atoms with van der Waals surface area (Å²) in [6, 6.07) is 70.2. The average molecular weight is 1290 g/mol. The minimum atomic E-state index is -0.887. The second-order valence-corrected chi connectivity index (χ2v) is 23.5. The summed E-state index contributed by atoms with van der Waals surface area (Å²) in [4.78, 5) is 0. The Morgan fingerprint density at radius 3 is 1.04 bits per heavy atom. The van der Waals surface area contributed by atoms with Crippen molar-refractivity contribution in [3.05, 3.63) is 276 Å². The summed E-state index contributed by atoms with van der Waals surface area (Å²) in [5.74, 6) is 0.376. The van der Waals surface area contributed by atoms with Gasteiger partial charge in [-0.25, -0.2) is 0 Å². The zero-order valence-electron chi connectivity index (χ0n) is 54.7. The topological polar surface area (TPSA) is 203 Å². The zero-order chi connectivity index (χ0) is 66.4. The van der Waals surface area contributed by atoms with Gasteiger partial charge in [0.1, 0.15) is 24.4 Å². The van der Waals surface area contributed by atoms with Gasteiger partial charge in [0.2, 0.25) is 0 Å². The van der Waals surface area contributed by atoms with Crippen molar-refractivity contribution in [1.29, 1.82) is 0 Å². The monoisotopic (exact) mass is 1290 g/mol. The van der Waals surface area contributed by atoms with E-state index in [1.807, 2.05) is 201 Å². The van der Waals surface area contributed by atoms with Gasteiger partial charge in [-0.3, -0.25) is 0 Å². The van der Waals surface area contributed by atoms with Crippen LogP contribution in [0.15, 0.2) is 237 Å². The summed E-state index contributed by atoms with van der Waals surface area (Å²) in [6.07, 6.45) is 3.59. The third-order valence-electron chi connectivity index (χ3n) is 16.2. The SMILES string of the molecule is CC1C(O)CC(O)OC1COCc1ccccc1.CC1C(OCc2ccccc2)C=COC1COCc1ccccc1.CC1C(OCc2ccccc2)CC(O)OC1COCc1ccccc1.CCO.OC1C(OCc2ccccc2)C=COC1COCc1ccccc1. The fourth-order valence-corrected chi connectivity index (χ4v) is 10.5. The number of ether oxygens (including phenoxy) is 11. The molecule has 0 saturated carbocycles. The summed E-state index contributed by atoms with van der Waals surface area (Å²) >= 11 is 0. The van der Waals surface area contributed by atoms with Crippen LogP contribution in [0.2, 0.25) is 0 Å². The second kappa shape index (κ2) is 43.2. The smallest absolute Gasteiger partial charge is 0.157 e. The first-order valence-corrected chi connectivity index (χ1v) is 32.7. The molecule has 2 fully saturated rings. The van der Waals surface area contributed by atoms with Gasteiger partial charge in [-0.15, -0.1) is 0 Å². The quantitative estimate of drug-likeness (QED) is 0.0361. The molecule has 14 unspecified atom stereocenters. The van der Waals surface area contributed by atoms with Crippen molar-refractivity contribution in [2.75, 3.05) is 33.0 Å². The van der Waals surface area contributed by atoms with Gasteiger partial charge in [0.05, 0.1) is 116 Å². The summed E-state index contributed by atoms with van der Waals surface area (Å²) < 4.78 is 63.0. The van der Waals surface area contributed by atoms with E-state index in [0.29, 0.717) is 79.1 Å². The Kier molecular flexibility index (Phi) is 34.2. The third-order valence-corrected chi connectivity index (χ3v) is 16.2. The molecule has 0 aromatic heterocycles. The molecule has 4 heterocycles. The predicted molar refractivity (Wildman–Crippen MR) is 361 cm³/mol. The number of benzene rings is 7. The van der Waals surface area contributed by atoms with Crippen LogP contribution in [-0.4, -0.2) is 126 Å². The Hall–Kier alpha value is -6.94. The minimum Gasteiger partial charge on any atom is -0.495 e. The summed E-state index contributed by atoms with van der Waals surface area (Å²) in [7, 11) is 0. The largest absolute Gasteiger partial charge is 0.495 e. The van der Waals surface area contributed by atoms with Crippen LogP contribution < -0.4 is 0 Å². The normalized spacial score (nSPS) is 25.2. The molecule has 4 aliphatic heterocycles. The van der Waals surface area contributed by atoms with Crippen LogP contribution in [0.1, 0.15) is 79.5 Å². The van der Waals surface area contributed by atoms with Gasteiger partial charge in [-0.05, 0) is 58.0 Å². The van der Waals surface area contributed by atoms with E-state index < -0.39 is 37.0 Å². The van der Waals surface area contributed by atoms with Crippen LogP contribution in [0, 0.1) is 17.8 Å². The highest BCUT2D eigenvalue weighted by Crippen LogP contribution is 2.29. The molecule has 0 radical (unpaired) electrons. The second-order valence-electron chi connectivity index (χ2n) is 23.5. The summed E-state index contributed by atoms with van der Waals surface area (Å²) in [5.41, 5.74) is 7.88. The molecule has 0 spiro atoms. The van der Waals surface area contributed by atoms with Crippen LogP contribution in [0.3, 0.4) is 0 Å². The molecule has 16 heteroatoms. The molecule has 2 saturated heterocycles. The lowest BCUT2D eigenvalue weighted by Gasteiger charge is -2.38. The molecule has 16 nitrogen and oxygen atoms in total. The molecule has 0 bridgehead atoms. The number of aliphatic hydroxyl groups excluding tert-OH is 5. The van der Waals surface area contributed by atoms with E-state index in [1.54, 1.807) is 25.5 Å². The highest BCUT2D eigenvalue weighted by atomic mass is 16.6. The molecular formula is C78H98O16. The molecule has 5 N–H and O–H groups in total. The molecule has 7 aromatic carbocycles. The molecule has 14 atom stereocenters. The maximum absolute atomic E-state index is 10.4. The fourth-order valence-electron chi connectivity index (χ4n) is 10.5.